The summed E-state index contributed by atoms with van der Waals surface area (Å²) in [5.41, 5.74) is 0.811. The molecular formula is C12H13ClN2O4. The molecule has 1 aliphatic rings. The first-order chi connectivity index (χ1) is 8.90. The number of likely N-dealkylation sites (tertiary alicyclic amines) is 1. The minimum atomic E-state index is -1.14. The number of carbonyl (C=O) groups is 2. The Labute approximate surface area is 114 Å². The lowest BCUT2D eigenvalue weighted by atomic mass is 10.2. The van der Waals surface area contributed by atoms with Crippen molar-refractivity contribution < 1.29 is 19.8 Å². The molecule has 6 nitrogen and oxygen atoms in total. The van der Waals surface area contributed by atoms with E-state index in [1.165, 1.54) is 12.3 Å². The fraction of sp³-hybridized carbons (Fsp3) is 0.417. The van der Waals surface area contributed by atoms with E-state index in [-0.39, 0.29) is 23.6 Å². The van der Waals surface area contributed by atoms with E-state index in [4.69, 9.17) is 16.7 Å². The van der Waals surface area contributed by atoms with Crippen LogP contribution in [0.25, 0.3) is 0 Å². The zero-order chi connectivity index (χ0) is 14.2. The number of carbonyl (C=O) groups excluding carboxylic acids is 1. The number of pyridine rings is 1. The Bertz CT molecular complexity index is 534. The lowest BCUT2D eigenvalue weighted by Gasteiger charge is -2.21. The first-order valence-electron chi connectivity index (χ1n) is 5.74. The molecule has 0 spiro atoms. The molecular weight excluding hydrogens is 272 g/mol. The second-order valence-electron chi connectivity index (χ2n) is 4.51. The predicted octanol–water partition coefficient (Wildman–Crippen LogP) is 0.703. The monoisotopic (exact) mass is 284 g/mol. The van der Waals surface area contributed by atoms with E-state index >= 15 is 0 Å². The van der Waals surface area contributed by atoms with Crippen molar-refractivity contribution in [1.29, 1.82) is 0 Å². The van der Waals surface area contributed by atoms with Crippen LogP contribution in [0.5, 0.6) is 0 Å². The number of carboxylic acid groups (broad SMARTS) is 1. The highest BCUT2D eigenvalue weighted by Gasteiger charge is 2.39. The minimum Gasteiger partial charge on any atom is -0.480 e. The summed E-state index contributed by atoms with van der Waals surface area (Å²) in [5, 5.41) is 18.8. The number of aryl methyl sites for hydroxylation is 1. The zero-order valence-corrected chi connectivity index (χ0v) is 11.0. The van der Waals surface area contributed by atoms with E-state index < -0.39 is 24.0 Å². The maximum absolute atomic E-state index is 12.3. The number of amides is 1. The summed E-state index contributed by atoms with van der Waals surface area (Å²) in [6, 6.07) is 0.511. The van der Waals surface area contributed by atoms with Gasteiger partial charge in [-0.15, -0.1) is 0 Å². The highest BCUT2D eigenvalue weighted by Crippen LogP contribution is 2.24. The third-order valence-electron chi connectivity index (χ3n) is 3.05. The molecule has 1 aliphatic heterocycles. The first-order valence-corrected chi connectivity index (χ1v) is 6.12. The van der Waals surface area contributed by atoms with Crippen LogP contribution < -0.4 is 0 Å². The Kier molecular flexibility index (Phi) is 3.73. The lowest BCUT2D eigenvalue weighted by molar-refractivity contribution is -0.141. The highest BCUT2D eigenvalue weighted by molar-refractivity contribution is 6.33. The van der Waals surface area contributed by atoms with E-state index in [9.17, 15) is 14.7 Å². The Balaban J connectivity index is 2.30. The molecule has 1 fully saturated rings. The van der Waals surface area contributed by atoms with Crippen LogP contribution in [-0.4, -0.2) is 50.7 Å². The van der Waals surface area contributed by atoms with Gasteiger partial charge in [0.05, 0.1) is 16.7 Å². The second-order valence-corrected chi connectivity index (χ2v) is 4.91. The second kappa shape index (κ2) is 5.14. The quantitative estimate of drug-likeness (QED) is 0.834. The van der Waals surface area contributed by atoms with Crippen LogP contribution in [0.4, 0.5) is 0 Å². The van der Waals surface area contributed by atoms with Gasteiger partial charge in [0, 0.05) is 24.9 Å². The Morgan fingerprint density at radius 1 is 1.53 bits per heavy atom. The van der Waals surface area contributed by atoms with E-state index in [0.717, 1.165) is 4.90 Å². The van der Waals surface area contributed by atoms with Gasteiger partial charge in [-0.1, -0.05) is 11.6 Å². The molecule has 2 rings (SSSR count). The van der Waals surface area contributed by atoms with Gasteiger partial charge in [-0.05, 0) is 13.0 Å². The molecule has 0 radical (unpaired) electrons. The molecule has 7 heteroatoms. The van der Waals surface area contributed by atoms with Gasteiger partial charge in [0.15, 0.2) is 0 Å². The van der Waals surface area contributed by atoms with E-state index in [0.29, 0.717) is 5.69 Å². The number of β-amino-alcohol motifs (C(OH)–C–C–N with tert-alkyl or cyclic N) is 1. The highest BCUT2D eigenvalue weighted by atomic mass is 35.5. The molecule has 2 atom stereocenters. The van der Waals surface area contributed by atoms with Crippen LogP contribution in [-0.2, 0) is 4.79 Å². The van der Waals surface area contributed by atoms with Crippen LogP contribution >= 0.6 is 11.6 Å². The van der Waals surface area contributed by atoms with Crippen molar-refractivity contribution in [2.24, 2.45) is 0 Å². The van der Waals surface area contributed by atoms with Gasteiger partial charge in [0.1, 0.15) is 6.04 Å². The van der Waals surface area contributed by atoms with Gasteiger partial charge >= 0.3 is 5.97 Å². The smallest absolute Gasteiger partial charge is 0.326 e. The van der Waals surface area contributed by atoms with Crippen molar-refractivity contribution in [2.75, 3.05) is 6.54 Å². The number of aliphatic carboxylic acids is 1. The summed E-state index contributed by atoms with van der Waals surface area (Å²) in [5.74, 6) is -1.66. The number of aliphatic hydroxyl groups is 1. The fourth-order valence-electron chi connectivity index (χ4n) is 2.11. The number of aromatic nitrogens is 1. The van der Waals surface area contributed by atoms with Crippen molar-refractivity contribution in [2.45, 2.75) is 25.5 Å². The summed E-state index contributed by atoms with van der Waals surface area (Å²) in [4.78, 5) is 28.4. The van der Waals surface area contributed by atoms with E-state index in [2.05, 4.69) is 4.98 Å². The normalized spacial score (nSPS) is 22.6. The summed E-state index contributed by atoms with van der Waals surface area (Å²) >= 11 is 5.97. The number of hydrogen-bond donors (Lipinski definition) is 2. The number of halogens is 1. The molecule has 102 valence electrons. The molecule has 0 aromatic carbocycles. The standard InChI is InChI=1S/C12H13ClN2O4/c1-6-2-9(13)8(4-14-6)11(17)15-5-7(16)3-10(15)12(18)19/h2,4,7,10,16H,3,5H2,1H3,(H,18,19)/t7-,10-/m1/s1. The SMILES string of the molecule is Cc1cc(Cl)c(C(=O)N2C[C@H](O)C[C@@H]2C(=O)O)cn1. The summed E-state index contributed by atoms with van der Waals surface area (Å²) in [6.07, 6.45) is 0.518. The number of rotatable bonds is 2. The molecule has 1 aromatic rings. The fourth-order valence-corrected chi connectivity index (χ4v) is 2.40. The Hall–Kier alpha value is -1.66. The van der Waals surface area contributed by atoms with Crippen molar-refractivity contribution in [3.63, 3.8) is 0 Å². The Morgan fingerprint density at radius 3 is 2.79 bits per heavy atom. The molecule has 1 saturated heterocycles. The third-order valence-corrected chi connectivity index (χ3v) is 3.36. The third kappa shape index (κ3) is 2.69. The molecule has 2 heterocycles. The first kappa shape index (κ1) is 13.8. The van der Waals surface area contributed by atoms with Gasteiger partial charge in [0.25, 0.3) is 5.91 Å². The van der Waals surface area contributed by atoms with E-state index in [1.54, 1.807) is 6.92 Å². The average molecular weight is 285 g/mol. The number of hydrogen-bond acceptors (Lipinski definition) is 4. The maximum Gasteiger partial charge on any atom is 0.326 e. The molecule has 1 aromatic heterocycles. The molecule has 19 heavy (non-hydrogen) atoms. The number of aliphatic hydroxyl groups excluding tert-OH is 1. The zero-order valence-electron chi connectivity index (χ0n) is 10.2. The summed E-state index contributed by atoms with van der Waals surface area (Å²) in [6.45, 7) is 1.72. The Morgan fingerprint density at radius 2 is 2.21 bits per heavy atom. The molecule has 2 N–H and O–H groups in total. The van der Waals surface area contributed by atoms with Gasteiger partial charge in [0.2, 0.25) is 0 Å². The van der Waals surface area contributed by atoms with Gasteiger partial charge in [-0.2, -0.15) is 0 Å². The molecule has 0 saturated carbocycles. The van der Waals surface area contributed by atoms with Crippen LogP contribution in [0.1, 0.15) is 22.5 Å². The van der Waals surface area contributed by atoms with Crippen molar-refractivity contribution in [1.82, 2.24) is 9.88 Å². The largest absolute Gasteiger partial charge is 0.480 e. The predicted molar refractivity (Wildman–Crippen MR) is 67.1 cm³/mol. The molecule has 0 aliphatic carbocycles. The maximum atomic E-state index is 12.3. The van der Waals surface area contributed by atoms with Gasteiger partial charge in [-0.3, -0.25) is 9.78 Å². The van der Waals surface area contributed by atoms with Crippen LogP contribution in [0.2, 0.25) is 5.02 Å². The van der Waals surface area contributed by atoms with Crippen molar-refractivity contribution in [3.05, 3.63) is 28.5 Å². The van der Waals surface area contributed by atoms with Crippen LogP contribution in [0.3, 0.4) is 0 Å². The summed E-state index contributed by atoms with van der Waals surface area (Å²) < 4.78 is 0. The van der Waals surface area contributed by atoms with Gasteiger partial charge in [-0.25, -0.2) is 4.79 Å². The van der Waals surface area contributed by atoms with Gasteiger partial charge < -0.3 is 15.1 Å². The average Bonchev–Trinajstić information content (AvgIpc) is 2.70. The topological polar surface area (TPSA) is 90.7 Å². The molecule has 0 unspecified atom stereocenters. The van der Waals surface area contributed by atoms with Crippen molar-refractivity contribution in [3.8, 4) is 0 Å². The van der Waals surface area contributed by atoms with E-state index in [1.807, 2.05) is 0 Å². The number of nitrogens with zero attached hydrogens (tertiary/aromatic N) is 2. The minimum absolute atomic E-state index is 0.0139. The van der Waals surface area contributed by atoms with Crippen LogP contribution in [0.15, 0.2) is 12.3 Å². The molecule has 1 amide bonds. The molecule has 0 bridgehead atoms. The lowest BCUT2D eigenvalue weighted by Crippen LogP contribution is -2.40. The van der Waals surface area contributed by atoms with Crippen LogP contribution in [0, 0.1) is 6.92 Å². The van der Waals surface area contributed by atoms with Crippen molar-refractivity contribution >= 4 is 23.5 Å². The summed E-state index contributed by atoms with van der Waals surface area (Å²) in [7, 11) is 0. The number of carboxylic acids is 1.